The molecule has 0 spiro atoms. The van der Waals surface area contributed by atoms with Gasteiger partial charge in [0.2, 0.25) is 0 Å². The van der Waals surface area contributed by atoms with Crippen LogP contribution in [0.1, 0.15) is 12.7 Å². The number of anilines is 1. The fraction of sp³-hybridized carbons (Fsp3) is 0.250. The summed E-state index contributed by atoms with van der Waals surface area (Å²) < 4.78 is 2.15. The van der Waals surface area contributed by atoms with Gasteiger partial charge >= 0.3 is 0 Å². The monoisotopic (exact) mass is 233 g/mol. The molecule has 0 amide bonds. The van der Waals surface area contributed by atoms with Crippen molar-refractivity contribution in [3.8, 4) is 0 Å². The topological polar surface area (TPSA) is 43.8 Å². The molecule has 0 fully saturated rings. The molecule has 2 aromatic rings. The molecule has 3 nitrogen and oxygen atoms in total. The molecule has 2 N–H and O–H groups in total. The van der Waals surface area contributed by atoms with Crippen LogP contribution in [0.4, 0.5) is 5.69 Å². The lowest BCUT2D eigenvalue weighted by Gasteiger charge is -2.05. The van der Waals surface area contributed by atoms with Gasteiger partial charge in [-0.05, 0) is 25.1 Å². The van der Waals surface area contributed by atoms with E-state index in [0.29, 0.717) is 0 Å². The Bertz CT molecular complexity index is 465. The molecular weight excluding hydrogens is 218 g/mol. The molecule has 0 saturated heterocycles. The molecule has 1 aromatic carbocycles. The van der Waals surface area contributed by atoms with Gasteiger partial charge in [0, 0.05) is 29.5 Å². The van der Waals surface area contributed by atoms with Gasteiger partial charge in [-0.15, -0.1) is 11.8 Å². The Morgan fingerprint density at radius 2 is 2.31 bits per heavy atom. The Morgan fingerprint density at radius 3 is 3.06 bits per heavy atom. The number of nitrogens with zero attached hydrogens (tertiary/aromatic N) is 2. The highest BCUT2D eigenvalue weighted by atomic mass is 32.2. The largest absolute Gasteiger partial charge is 0.399 e. The van der Waals surface area contributed by atoms with Gasteiger partial charge < -0.3 is 10.3 Å². The SMILES string of the molecule is CCn1ccnc1CSc1cccc(N)c1. The third-order valence-corrected chi connectivity index (χ3v) is 3.36. The highest BCUT2D eigenvalue weighted by molar-refractivity contribution is 7.98. The zero-order chi connectivity index (χ0) is 11.4. The molecule has 0 unspecified atom stereocenters. The van der Waals surface area contributed by atoms with E-state index in [1.807, 2.05) is 30.6 Å². The van der Waals surface area contributed by atoms with E-state index < -0.39 is 0 Å². The number of rotatable bonds is 4. The number of benzene rings is 1. The maximum absolute atomic E-state index is 5.73. The fourth-order valence-corrected chi connectivity index (χ4v) is 2.45. The Labute approximate surface area is 99.7 Å². The molecule has 0 aliphatic rings. The van der Waals surface area contributed by atoms with Crippen LogP contribution in [0.3, 0.4) is 0 Å². The van der Waals surface area contributed by atoms with Gasteiger partial charge in [0.25, 0.3) is 0 Å². The van der Waals surface area contributed by atoms with Crippen molar-refractivity contribution in [3.05, 3.63) is 42.5 Å². The van der Waals surface area contributed by atoms with Crippen LogP contribution in [-0.4, -0.2) is 9.55 Å². The quantitative estimate of drug-likeness (QED) is 0.652. The molecule has 16 heavy (non-hydrogen) atoms. The predicted molar refractivity (Wildman–Crippen MR) is 68.3 cm³/mol. The summed E-state index contributed by atoms with van der Waals surface area (Å²) in [5, 5.41) is 0. The third kappa shape index (κ3) is 2.58. The van der Waals surface area contributed by atoms with Gasteiger partial charge in [-0.3, -0.25) is 0 Å². The zero-order valence-corrected chi connectivity index (χ0v) is 10.1. The normalized spacial score (nSPS) is 10.6. The summed E-state index contributed by atoms with van der Waals surface area (Å²) in [4.78, 5) is 5.52. The maximum atomic E-state index is 5.73. The number of imidazole rings is 1. The summed E-state index contributed by atoms with van der Waals surface area (Å²) in [5.74, 6) is 1.99. The van der Waals surface area contributed by atoms with E-state index in [4.69, 9.17) is 5.73 Å². The van der Waals surface area contributed by atoms with Gasteiger partial charge in [-0.1, -0.05) is 6.07 Å². The molecule has 1 heterocycles. The van der Waals surface area contributed by atoms with E-state index in [1.165, 1.54) is 4.90 Å². The molecule has 2 rings (SSSR count). The number of hydrogen-bond acceptors (Lipinski definition) is 3. The van der Waals surface area contributed by atoms with E-state index in [2.05, 4.69) is 22.5 Å². The summed E-state index contributed by atoms with van der Waals surface area (Å²) in [7, 11) is 0. The summed E-state index contributed by atoms with van der Waals surface area (Å²) in [6.45, 7) is 3.09. The standard InChI is InChI=1S/C12H15N3S/c1-2-15-7-6-14-12(15)9-16-11-5-3-4-10(13)8-11/h3-8H,2,9,13H2,1H3. The summed E-state index contributed by atoms with van der Waals surface area (Å²) in [6, 6.07) is 7.94. The van der Waals surface area contributed by atoms with Crippen LogP contribution < -0.4 is 5.73 Å². The Kier molecular flexibility index (Phi) is 3.51. The molecule has 84 valence electrons. The van der Waals surface area contributed by atoms with E-state index in [9.17, 15) is 0 Å². The first-order chi connectivity index (χ1) is 7.79. The molecule has 0 atom stereocenters. The van der Waals surface area contributed by atoms with Crippen molar-refractivity contribution in [2.24, 2.45) is 0 Å². The third-order valence-electron chi connectivity index (χ3n) is 2.37. The van der Waals surface area contributed by atoms with E-state index in [1.54, 1.807) is 11.8 Å². The number of aryl methyl sites for hydroxylation is 1. The first kappa shape index (κ1) is 11.1. The number of nitrogens with two attached hydrogens (primary N) is 1. The summed E-state index contributed by atoms with van der Waals surface area (Å²) >= 11 is 1.76. The van der Waals surface area contributed by atoms with Crippen LogP contribution >= 0.6 is 11.8 Å². The average Bonchev–Trinajstić information content (AvgIpc) is 2.74. The highest BCUT2D eigenvalue weighted by Crippen LogP contribution is 2.23. The lowest BCUT2D eigenvalue weighted by molar-refractivity contribution is 0.726. The van der Waals surface area contributed by atoms with Crippen LogP contribution in [0.5, 0.6) is 0 Å². The fourth-order valence-electron chi connectivity index (χ4n) is 1.52. The minimum atomic E-state index is 0.809. The zero-order valence-electron chi connectivity index (χ0n) is 9.26. The second kappa shape index (κ2) is 5.07. The van der Waals surface area contributed by atoms with Crippen molar-refractivity contribution in [1.29, 1.82) is 0 Å². The van der Waals surface area contributed by atoms with Gasteiger partial charge in [0.1, 0.15) is 5.82 Å². The Balaban J connectivity index is 2.02. The van der Waals surface area contributed by atoms with Crippen LogP contribution in [0.15, 0.2) is 41.6 Å². The van der Waals surface area contributed by atoms with Gasteiger partial charge in [-0.2, -0.15) is 0 Å². The second-order valence-electron chi connectivity index (χ2n) is 3.49. The molecule has 0 bridgehead atoms. The molecule has 4 heteroatoms. The first-order valence-electron chi connectivity index (χ1n) is 5.28. The molecule has 0 aliphatic carbocycles. The van der Waals surface area contributed by atoms with E-state index >= 15 is 0 Å². The maximum Gasteiger partial charge on any atom is 0.119 e. The number of hydrogen-bond donors (Lipinski definition) is 1. The summed E-state index contributed by atoms with van der Waals surface area (Å²) in [5.41, 5.74) is 6.54. The van der Waals surface area contributed by atoms with Crippen molar-refractivity contribution in [3.63, 3.8) is 0 Å². The van der Waals surface area contributed by atoms with Crippen LogP contribution in [0.2, 0.25) is 0 Å². The second-order valence-corrected chi connectivity index (χ2v) is 4.54. The van der Waals surface area contributed by atoms with Gasteiger partial charge in [-0.25, -0.2) is 4.98 Å². The number of aromatic nitrogens is 2. The van der Waals surface area contributed by atoms with Crippen molar-refractivity contribution in [2.75, 3.05) is 5.73 Å². The van der Waals surface area contributed by atoms with E-state index in [0.717, 1.165) is 23.8 Å². The number of thioether (sulfide) groups is 1. The first-order valence-corrected chi connectivity index (χ1v) is 6.26. The van der Waals surface area contributed by atoms with Crippen molar-refractivity contribution in [1.82, 2.24) is 9.55 Å². The number of nitrogen functional groups attached to an aromatic ring is 1. The lowest BCUT2D eigenvalue weighted by atomic mass is 10.3. The van der Waals surface area contributed by atoms with Crippen molar-refractivity contribution < 1.29 is 0 Å². The molecule has 0 radical (unpaired) electrons. The minimum absolute atomic E-state index is 0.809. The average molecular weight is 233 g/mol. The van der Waals surface area contributed by atoms with Gasteiger partial charge in [0.15, 0.2) is 0 Å². The van der Waals surface area contributed by atoms with Gasteiger partial charge in [0.05, 0.1) is 5.75 Å². The van der Waals surface area contributed by atoms with Crippen molar-refractivity contribution >= 4 is 17.4 Å². The molecular formula is C12H15N3S. The molecule has 0 aliphatic heterocycles. The lowest BCUT2D eigenvalue weighted by Crippen LogP contribution is -1.98. The van der Waals surface area contributed by atoms with Crippen LogP contribution in [0.25, 0.3) is 0 Å². The molecule has 0 saturated carbocycles. The Hall–Kier alpha value is -1.42. The van der Waals surface area contributed by atoms with Crippen LogP contribution in [-0.2, 0) is 12.3 Å². The molecule has 1 aromatic heterocycles. The smallest absolute Gasteiger partial charge is 0.119 e. The van der Waals surface area contributed by atoms with Crippen LogP contribution in [0, 0.1) is 0 Å². The Morgan fingerprint density at radius 1 is 1.44 bits per heavy atom. The highest BCUT2D eigenvalue weighted by Gasteiger charge is 2.02. The van der Waals surface area contributed by atoms with E-state index in [-0.39, 0.29) is 0 Å². The predicted octanol–water partition coefficient (Wildman–Crippen LogP) is 2.78. The minimum Gasteiger partial charge on any atom is -0.399 e. The summed E-state index contributed by atoms with van der Waals surface area (Å²) in [6.07, 6.45) is 3.86. The van der Waals surface area contributed by atoms with Crippen molar-refractivity contribution in [2.45, 2.75) is 24.1 Å².